The van der Waals surface area contributed by atoms with Crippen LogP contribution in [0.4, 0.5) is 0 Å². The topological polar surface area (TPSA) is 63.4 Å². The number of nitrogens with two attached hydrogens (primary N) is 1. The molecule has 0 aromatic heterocycles. The van der Waals surface area contributed by atoms with Crippen molar-refractivity contribution in [1.29, 1.82) is 0 Å². The molecule has 4 nitrogen and oxygen atoms in total. The van der Waals surface area contributed by atoms with Gasteiger partial charge in [-0.15, -0.1) is 0 Å². The van der Waals surface area contributed by atoms with E-state index in [-0.39, 0.29) is 5.91 Å². The Kier molecular flexibility index (Phi) is 8.22. The zero-order valence-corrected chi connectivity index (χ0v) is 27.5. The fraction of sp³-hybridized carbons (Fsp3) is 0.190. The highest BCUT2D eigenvalue weighted by Gasteiger charge is 2.22. The molecule has 0 radical (unpaired) electrons. The van der Waals surface area contributed by atoms with E-state index < -0.39 is 5.91 Å². The Hall–Kier alpha value is -5.22. The lowest BCUT2D eigenvalue weighted by Crippen LogP contribution is -2.31. The molecule has 0 fully saturated rings. The molecule has 6 aromatic rings. The standard InChI is InChI=1S/C42H40N2O2/c1-25-17-27(3)39(28(4)18-25)23-44(24-40-29(5)19-26(2)20-30(40)6)42(46)38-12-8-10-34-22-32(14-16-36(34)38)31-13-15-35-33(21-31)9-7-11-37(35)41(43)45/h7-22H,23-24H2,1-6H3,(H2,43,45). The molecule has 0 bridgehead atoms. The van der Waals surface area contributed by atoms with Crippen molar-refractivity contribution in [2.45, 2.75) is 54.6 Å². The van der Waals surface area contributed by atoms with Crippen molar-refractivity contribution in [3.63, 3.8) is 0 Å². The maximum atomic E-state index is 14.6. The molecular weight excluding hydrogens is 564 g/mol. The summed E-state index contributed by atoms with van der Waals surface area (Å²) in [7, 11) is 0. The molecule has 0 aliphatic carbocycles. The second-order valence-corrected chi connectivity index (χ2v) is 12.8. The minimum absolute atomic E-state index is 0.0155. The van der Waals surface area contributed by atoms with Gasteiger partial charge in [0.05, 0.1) is 0 Å². The van der Waals surface area contributed by atoms with Gasteiger partial charge in [0.25, 0.3) is 5.91 Å². The zero-order valence-electron chi connectivity index (χ0n) is 27.5. The van der Waals surface area contributed by atoms with E-state index in [9.17, 15) is 9.59 Å². The largest absolute Gasteiger partial charge is 0.366 e. The molecule has 4 heteroatoms. The Labute approximate surface area is 271 Å². The van der Waals surface area contributed by atoms with Crippen molar-refractivity contribution in [3.8, 4) is 11.1 Å². The number of amides is 2. The molecule has 0 saturated heterocycles. The van der Waals surface area contributed by atoms with Gasteiger partial charge in [0.1, 0.15) is 0 Å². The van der Waals surface area contributed by atoms with E-state index in [1.165, 1.54) is 44.5 Å². The normalized spacial score (nSPS) is 11.3. The van der Waals surface area contributed by atoms with E-state index in [0.717, 1.165) is 32.7 Å². The molecule has 230 valence electrons. The summed E-state index contributed by atoms with van der Waals surface area (Å²) >= 11 is 0. The number of rotatable bonds is 7. The van der Waals surface area contributed by atoms with Gasteiger partial charge in [-0.1, -0.05) is 83.9 Å². The Balaban J connectivity index is 1.41. The van der Waals surface area contributed by atoms with Gasteiger partial charge in [-0.05, 0) is 132 Å². The summed E-state index contributed by atoms with van der Waals surface area (Å²) in [6.45, 7) is 13.9. The molecule has 6 rings (SSSR count). The molecule has 0 aliphatic heterocycles. The van der Waals surface area contributed by atoms with E-state index in [2.05, 4.69) is 96.1 Å². The fourth-order valence-electron chi connectivity index (χ4n) is 7.00. The zero-order chi connectivity index (χ0) is 32.7. The molecule has 0 spiro atoms. The quantitative estimate of drug-likeness (QED) is 0.197. The highest BCUT2D eigenvalue weighted by Crippen LogP contribution is 2.31. The molecule has 46 heavy (non-hydrogen) atoms. The fourth-order valence-corrected chi connectivity index (χ4v) is 7.00. The molecule has 2 amide bonds. The third-order valence-electron chi connectivity index (χ3n) is 9.26. The Morgan fingerprint density at radius 1 is 0.543 bits per heavy atom. The SMILES string of the molecule is Cc1cc(C)c(CN(Cc2c(C)cc(C)cc2C)C(=O)c2cccc3cc(-c4ccc5c(C(N)=O)cccc5c4)ccc23)c(C)c1. The van der Waals surface area contributed by atoms with Crippen molar-refractivity contribution >= 4 is 33.4 Å². The molecule has 0 atom stereocenters. The van der Waals surface area contributed by atoms with Crippen molar-refractivity contribution < 1.29 is 9.59 Å². The van der Waals surface area contributed by atoms with Gasteiger partial charge in [0.15, 0.2) is 0 Å². The second-order valence-electron chi connectivity index (χ2n) is 12.8. The van der Waals surface area contributed by atoms with Gasteiger partial charge >= 0.3 is 0 Å². The number of primary amides is 1. The van der Waals surface area contributed by atoms with Crippen LogP contribution in [-0.2, 0) is 13.1 Å². The van der Waals surface area contributed by atoms with Crippen molar-refractivity contribution in [2.75, 3.05) is 0 Å². The summed E-state index contributed by atoms with van der Waals surface area (Å²) < 4.78 is 0. The Morgan fingerprint density at radius 2 is 0.957 bits per heavy atom. The number of hydrogen-bond acceptors (Lipinski definition) is 2. The van der Waals surface area contributed by atoms with Gasteiger partial charge in [-0.3, -0.25) is 9.59 Å². The smallest absolute Gasteiger partial charge is 0.255 e. The number of nitrogens with zero attached hydrogens (tertiary/aromatic N) is 1. The first-order chi connectivity index (χ1) is 22.0. The number of benzene rings is 6. The average Bonchev–Trinajstić information content (AvgIpc) is 3.01. The lowest BCUT2D eigenvalue weighted by molar-refractivity contribution is 0.0731. The summed E-state index contributed by atoms with van der Waals surface area (Å²) in [4.78, 5) is 28.6. The first-order valence-corrected chi connectivity index (χ1v) is 15.8. The van der Waals surface area contributed by atoms with Crippen LogP contribution in [-0.4, -0.2) is 16.7 Å². The lowest BCUT2D eigenvalue weighted by Gasteiger charge is -2.27. The van der Waals surface area contributed by atoms with Gasteiger partial charge < -0.3 is 10.6 Å². The molecule has 6 aromatic carbocycles. The van der Waals surface area contributed by atoms with Crippen LogP contribution in [0.25, 0.3) is 32.7 Å². The van der Waals surface area contributed by atoms with Gasteiger partial charge in [-0.2, -0.15) is 0 Å². The highest BCUT2D eigenvalue weighted by molar-refractivity contribution is 6.09. The number of carbonyl (C=O) groups excluding carboxylic acids is 2. The lowest BCUT2D eigenvalue weighted by atomic mass is 9.94. The van der Waals surface area contributed by atoms with Crippen LogP contribution in [0.2, 0.25) is 0 Å². The van der Waals surface area contributed by atoms with E-state index in [1.54, 1.807) is 6.07 Å². The third-order valence-corrected chi connectivity index (χ3v) is 9.26. The monoisotopic (exact) mass is 604 g/mol. The van der Waals surface area contributed by atoms with Crippen molar-refractivity contribution in [1.82, 2.24) is 4.90 Å². The van der Waals surface area contributed by atoms with E-state index >= 15 is 0 Å². The number of carbonyl (C=O) groups is 2. The number of aryl methyl sites for hydroxylation is 6. The summed E-state index contributed by atoms with van der Waals surface area (Å²) in [5.74, 6) is -0.419. The average molecular weight is 605 g/mol. The minimum Gasteiger partial charge on any atom is -0.366 e. The first kappa shape index (κ1) is 30.8. The summed E-state index contributed by atoms with van der Waals surface area (Å²) in [6, 6.07) is 32.7. The van der Waals surface area contributed by atoms with Crippen LogP contribution >= 0.6 is 0 Å². The molecule has 0 heterocycles. The first-order valence-electron chi connectivity index (χ1n) is 15.8. The summed E-state index contributed by atoms with van der Waals surface area (Å²) in [5.41, 5.74) is 18.5. The van der Waals surface area contributed by atoms with Crippen molar-refractivity contribution in [3.05, 3.63) is 153 Å². The van der Waals surface area contributed by atoms with Crippen LogP contribution in [0, 0.1) is 41.5 Å². The molecular formula is C42H40N2O2. The van der Waals surface area contributed by atoms with E-state index in [1.807, 2.05) is 41.3 Å². The van der Waals surface area contributed by atoms with Gasteiger partial charge in [0.2, 0.25) is 5.91 Å². The summed E-state index contributed by atoms with van der Waals surface area (Å²) in [6.07, 6.45) is 0. The summed E-state index contributed by atoms with van der Waals surface area (Å²) in [5, 5.41) is 3.72. The predicted molar refractivity (Wildman–Crippen MR) is 190 cm³/mol. The number of hydrogen-bond donors (Lipinski definition) is 1. The maximum absolute atomic E-state index is 14.6. The van der Waals surface area contributed by atoms with Crippen LogP contribution in [0.15, 0.2) is 97.1 Å². The highest BCUT2D eigenvalue weighted by atomic mass is 16.2. The van der Waals surface area contributed by atoms with Crippen LogP contribution in [0.1, 0.15) is 65.2 Å². The molecule has 2 N–H and O–H groups in total. The molecule has 0 unspecified atom stereocenters. The van der Waals surface area contributed by atoms with Gasteiger partial charge in [0, 0.05) is 24.2 Å². The van der Waals surface area contributed by atoms with Gasteiger partial charge in [-0.25, -0.2) is 0 Å². The molecule has 0 saturated carbocycles. The molecule has 0 aliphatic rings. The van der Waals surface area contributed by atoms with Crippen LogP contribution in [0.3, 0.4) is 0 Å². The predicted octanol–water partition coefficient (Wildman–Crippen LogP) is 9.45. The third kappa shape index (κ3) is 5.91. The maximum Gasteiger partial charge on any atom is 0.255 e. The van der Waals surface area contributed by atoms with Crippen LogP contribution < -0.4 is 5.73 Å². The Bertz CT molecular complexity index is 2070. The van der Waals surface area contributed by atoms with E-state index in [4.69, 9.17) is 5.73 Å². The second kappa shape index (κ2) is 12.3. The number of fused-ring (bicyclic) bond motifs is 2. The minimum atomic E-state index is -0.435. The van der Waals surface area contributed by atoms with Crippen LogP contribution in [0.5, 0.6) is 0 Å². The van der Waals surface area contributed by atoms with Crippen molar-refractivity contribution in [2.24, 2.45) is 5.73 Å². The Morgan fingerprint density at radius 3 is 1.39 bits per heavy atom. The van der Waals surface area contributed by atoms with E-state index in [0.29, 0.717) is 24.2 Å².